The van der Waals surface area contributed by atoms with Crippen LogP contribution in [0.5, 0.6) is 0 Å². The number of imidazole rings is 1. The van der Waals surface area contributed by atoms with Crippen molar-refractivity contribution in [3.05, 3.63) is 23.8 Å². The van der Waals surface area contributed by atoms with Crippen molar-refractivity contribution in [1.82, 2.24) is 9.55 Å². The lowest BCUT2D eigenvalue weighted by atomic mass is 10.2. The van der Waals surface area contributed by atoms with E-state index in [0.717, 1.165) is 17.8 Å². The second kappa shape index (κ2) is 6.65. The first-order chi connectivity index (χ1) is 9.95. The van der Waals surface area contributed by atoms with Crippen LogP contribution in [-0.4, -0.2) is 38.4 Å². The molecule has 0 aliphatic heterocycles. The van der Waals surface area contributed by atoms with Gasteiger partial charge in [-0.3, -0.25) is 4.79 Å². The molecule has 21 heavy (non-hydrogen) atoms. The van der Waals surface area contributed by atoms with Gasteiger partial charge in [-0.25, -0.2) is 13.8 Å². The molecular formula is C13H14F2N2O2S2. The first kappa shape index (κ1) is 16.1. The third-order valence-electron chi connectivity index (χ3n) is 2.88. The summed E-state index contributed by atoms with van der Waals surface area (Å²) in [7, 11) is 0. The number of carbonyl (C=O) groups is 1. The molecule has 8 heteroatoms. The van der Waals surface area contributed by atoms with E-state index in [1.165, 1.54) is 6.07 Å². The molecule has 1 aromatic carbocycles. The summed E-state index contributed by atoms with van der Waals surface area (Å²) in [5, 5.41) is 9.17. The molecule has 0 bridgehead atoms. The Morgan fingerprint density at radius 1 is 1.48 bits per heavy atom. The van der Waals surface area contributed by atoms with Gasteiger partial charge in [-0.1, -0.05) is 11.8 Å². The van der Waals surface area contributed by atoms with Gasteiger partial charge in [-0.2, -0.15) is 11.8 Å². The highest BCUT2D eigenvalue weighted by Crippen LogP contribution is 2.31. The number of carboxylic acids is 1. The van der Waals surface area contributed by atoms with Crippen molar-refractivity contribution in [2.75, 3.05) is 17.8 Å². The fourth-order valence-electron chi connectivity index (χ4n) is 2.05. The maximum Gasteiger partial charge on any atom is 0.313 e. The zero-order chi connectivity index (χ0) is 15.6. The molecule has 0 spiro atoms. The molecular weight excluding hydrogens is 318 g/mol. The van der Waals surface area contributed by atoms with Crippen LogP contribution in [0, 0.1) is 11.6 Å². The summed E-state index contributed by atoms with van der Waals surface area (Å²) < 4.78 is 29.2. The smallest absolute Gasteiger partial charge is 0.313 e. The van der Waals surface area contributed by atoms with Crippen LogP contribution in [0.15, 0.2) is 17.3 Å². The Morgan fingerprint density at radius 3 is 2.81 bits per heavy atom. The quantitative estimate of drug-likeness (QED) is 0.822. The third-order valence-corrected chi connectivity index (χ3v) is 4.64. The number of halogens is 2. The van der Waals surface area contributed by atoms with E-state index in [2.05, 4.69) is 4.98 Å². The van der Waals surface area contributed by atoms with Gasteiger partial charge in [0.2, 0.25) is 0 Å². The fourth-order valence-corrected chi connectivity index (χ4v) is 3.51. The van der Waals surface area contributed by atoms with Gasteiger partial charge >= 0.3 is 5.97 Å². The van der Waals surface area contributed by atoms with E-state index in [1.807, 2.05) is 13.2 Å². The van der Waals surface area contributed by atoms with Crippen molar-refractivity contribution < 1.29 is 18.7 Å². The molecule has 1 aromatic heterocycles. The first-order valence-corrected chi connectivity index (χ1v) is 8.53. The lowest BCUT2D eigenvalue weighted by Crippen LogP contribution is -2.11. The minimum atomic E-state index is -0.984. The zero-order valence-electron chi connectivity index (χ0n) is 11.5. The second-order valence-electron chi connectivity index (χ2n) is 4.48. The molecule has 114 valence electrons. The summed E-state index contributed by atoms with van der Waals surface area (Å²) in [6, 6.07) is 2.30. The van der Waals surface area contributed by atoms with E-state index in [1.54, 1.807) is 16.3 Å². The highest BCUT2D eigenvalue weighted by Gasteiger charge is 2.21. The number of thioether (sulfide) groups is 2. The van der Waals surface area contributed by atoms with Crippen LogP contribution in [-0.2, 0) is 4.79 Å². The maximum absolute atomic E-state index is 14.1. The Labute approximate surface area is 128 Å². The van der Waals surface area contributed by atoms with E-state index in [4.69, 9.17) is 5.11 Å². The molecule has 0 saturated carbocycles. The Kier molecular flexibility index (Phi) is 5.10. The van der Waals surface area contributed by atoms with Crippen molar-refractivity contribution in [3.63, 3.8) is 0 Å². The van der Waals surface area contributed by atoms with Gasteiger partial charge < -0.3 is 9.67 Å². The van der Waals surface area contributed by atoms with Gasteiger partial charge in [-0.05, 0) is 25.3 Å². The Bertz CT molecular complexity index is 676. The molecule has 1 heterocycles. The number of hydrogen-bond acceptors (Lipinski definition) is 4. The van der Waals surface area contributed by atoms with E-state index in [-0.39, 0.29) is 17.3 Å². The summed E-state index contributed by atoms with van der Waals surface area (Å²) in [4.78, 5) is 15.0. The van der Waals surface area contributed by atoms with E-state index < -0.39 is 17.6 Å². The molecule has 2 aromatic rings. The summed E-state index contributed by atoms with van der Waals surface area (Å²) in [5.41, 5.74) is 0.416. The fraction of sp³-hybridized carbons (Fsp3) is 0.385. The predicted octanol–water partition coefficient (Wildman–Crippen LogP) is 3.42. The van der Waals surface area contributed by atoms with E-state index in [0.29, 0.717) is 16.4 Å². The number of benzene rings is 1. The average molecular weight is 332 g/mol. The second-order valence-corrected chi connectivity index (χ2v) is 6.33. The third kappa shape index (κ3) is 3.32. The number of aliphatic carboxylic acids is 1. The van der Waals surface area contributed by atoms with E-state index >= 15 is 0 Å². The lowest BCUT2D eigenvalue weighted by molar-refractivity contribution is -0.133. The molecule has 0 fully saturated rings. The van der Waals surface area contributed by atoms with Crippen LogP contribution in [0.25, 0.3) is 11.0 Å². The molecule has 0 amide bonds. The van der Waals surface area contributed by atoms with Crippen LogP contribution in [0.2, 0.25) is 0 Å². The van der Waals surface area contributed by atoms with Crippen molar-refractivity contribution in [2.45, 2.75) is 18.1 Å². The number of aromatic nitrogens is 2. The lowest BCUT2D eigenvalue weighted by Gasteiger charge is -2.16. The molecule has 1 unspecified atom stereocenters. The van der Waals surface area contributed by atoms with Gasteiger partial charge in [0.15, 0.2) is 16.8 Å². The molecule has 1 atom stereocenters. The predicted molar refractivity (Wildman–Crippen MR) is 81.1 cm³/mol. The van der Waals surface area contributed by atoms with Gasteiger partial charge in [0, 0.05) is 11.8 Å². The van der Waals surface area contributed by atoms with Crippen molar-refractivity contribution in [2.24, 2.45) is 0 Å². The number of fused-ring (bicyclic) bond motifs is 1. The Balaban J connectivity index is 2.58. The highest BCUT2D eigenvalue weighted by molar-refractivity contribution is 7.99. The largest absolute Gasteiger partial charge is 0.481 e. The standard InChI is InChI=1S/C13H14F2N2O2S2/c1-7(5-20-2)17-12-9(4-3-8(14)11(12)15)16-13(17)21-6-10(18)19/h3-4,7H,5-6H2,1-2H3,(H,18,19). The highest BCUT2D eigenvalue weighted by atomic mass is 32.2. The normalized spacial score (nSPS) is 12.8. The minimum Gasteiger partial charge on any atom is -0.481 e. The number of rotatable bonds is 6. The molecule has 4 nitrogen and oxygen atoms in total. The Morgan fingerprint density at radius 2 is 2.19 bits per heavy atom. The first-order valence-electron chi connectivity index (χ1n) is 6.15. The van der Waals surface area contributed by atoms with Crippen LogP contribution >= 0.6 is 23.5 Å². The van der Waals surface area contributed by atoms with Gasteiger partial charge in [0.05, 0.1) is 11.3 Å². The topological polar surface area (TPSA) is 55.1 Å². The molecule has 0 radical (unpaired) electrons. The SMILES string of the molecule is CSCC(C)n1c(SCC(=O)O)nc2ccc(F)c(F)c21. The maximum atomic E-state index is 14.1. The monoisotopic (exact) mass is 332 g/mol. The molecule has 0 saturated heterocycles. The van der Waals surface area contributed by atoms with Crippen molar-refractivity contribution >= 4 is 40.5 Å². The summed E-state index contributed by atoms with van der Waals surface area (Å²) in [5.74, 6) is -2.37. The molecule has 2 rings (SSSR count). The number of carboxylic acid groups (broad SMARTS) is 1. The molecule has 0 aliphatic carbocycles. The van der Waals surface area contributed by atoms with Crippen molar-refractivity contribution in [3.8, 4) is 0 Å². The molecule has 1 N–H and O–H groups in total. The zero-order valence-corrected chi connectivity index (χ0v) is 13.1. The van der Waals surface area contributed by atoms with Crippen molar-refractivity contribution in [1.29, 1.82) is 0 Å². The van der Waals surface area contributed by atoms with Gasteiger partial charge in [0.25, 0.3) is 0 Å². The van der Waals surface area contributed by atoms with Crippen LogP contribution in [0.3, 0.4) is 0 Å². The Hall–Kier alpha value is -1.28. The number of nitrogens with zero attached hydrogens (tertiary/aromatic N) is 2. The minimum absolute atomic E-state index is 0.0874. The van der Waals surface area contributed by atoms with Gasteiger partial charge in [-0.15, -0.1) is 0 Å². The summed E-state index contributed by atoms with van der Waals surface area (Å²) in [6.45, 7) is 1.87. The average Bonchev–Trinajstić information content (AvgIpc) is 2.80. The van der Waals surface area contributed by atoms with E-state index in [9.17, 15) is 13.6 Å². The van der Waals surface area contributed by atoms with Crippen LogP contribution < -0.4 is 0 Å². The van der Waals surface area contributed by atoms with Crippen LogP contribution in [0.1, 0.15) is 13.0 Å². The van der Waals surface area contributed by atoms with Gasteiger partial charge in [0.1, 0.15) is 5.52 Å². The summed E-state index contributed by atoms with van der Waals surface area (Å²) in [6.07, 6.45) is 1.91. The number of hydrogen-bond donors (Lipinski definition) is 1. The molecule has 0 aliphatic rings. The van der Waals surface area contributed by atoms with Crippen LogP contribution in [0.4, 0.5) is 8.78 Å². The summed E-state index contributed by atoms with van der Waals surface area (Å²) >= 11 is 2.57.